The van der Waals surface area contributed by atoms with Gasteiger partial charge in [0.05, 0.1) is 5.92 Å². The van der Waals surface area contributed by atoms with Gasteiger partial charge in [-0.1, -0.05) is 188 Å². The topological polar surface area (TPSA) is 113 Å². The molecular formula is C37H74NO6P. The first-order chi connectivity index (χ1) is 21.7. The molecule has 2 atom stereocenters. The summed E-state index contributed by atoms with van der Waals surface area (Å²) in [4.78, 5) is 44.1. The quantitative estimate of drug-likeness (QED) is 0.0354. The average Bonchev–Trinajstić information content (AvgIpc) is 2.99. The Morgan fingerprint density at radius 2 is 0.822 bits per heavy atom. The molecule has 268 valence electrons. The van der Waals surface area contributed by atoms with Crippen LogP contribution in [0.25, 0.3) is 0 Å². The summed E-state index contributed by atoms with van der Waals surface area (Å²) in [5.41, 5.74) is 0. The van der Waals surface area contributed by atoms with E-state index in [4.69, 9.17) is 4.52 Å². The zero-order valence-electron chi connectivity index (χ0n) is 29.8. The van der Waals surface area contributed by atoms with Gasteiger partial charge in [0.15, 0.2) is 6.23 Å². The monoisotopic (exact) mass is 660 g/mol. The van der Waals surface area contributed by atoms with Gasteiger partial charge < -0.3 is 15.1 Å². The molecule has 8 heteroatoms. The first-order valence-electron chi connectivity index (χ1n) is 19.3. The summed E-state index contributed by atoms with van der Waals surface area (Å²) in [6.07, 6.45) is 33.8. The molecule has 0 spiro atoms. The van der Waals surface area contributed by atoms with Crippen molar-refractivity contribution in [3.05, 3.63) is 0 Å². The summed E-state index contributed by atoms with van der Waals surface area (Å²) in [5, 5.41) is 2.58. The summed E-state index contributed by atoms with van der Waals surface area (Å²) in [6.45, 7) is 6.09. The fourth-order valence-corrected chi connectivity index (χ4v) is 6.52. The van der Waals surface area contributed by atoms with Gasteiger partial charge in [-0.05, 0) is 12.8 Å². The largest absolute Gasteiger partial charge is 0.471 e. The Morgan fingerprint density at radius 3 is 1.13 bits per heavy atom. The number of hydrogen-bond acceptors (Lipinski definition) is 4. The van der Waals surface area contributed by atoms with Crippen molar-refractivity contribution in [3.63, 3.8) is 0 Å². The van der Waals surface area contributed by atoms with Crippen LogP contribution in [0.5, 0.6) is 0 Å². The molecule has 0 radical (unpaired) electrons. The van der Waals surface area contributed by atoms with Crippen LogP contribution in [0, 0.1) is 5.92 Å². The molecule has 0 aromatic heterocycles. The Kier molecular flexibility index (Phi) is 31.3. The molecule has 45 heavy (non-hydrogen) atoms. The van der Waals surface area contributed by atoms with Gasteiger partial charge in [-0.3, -0.25) is 14.1 Å². The minimum absolute atomic E-state index is 0.135. The van der Waals surface area contributed by atoms with Crippen LogP contribution in [0.1, 0.15) is 213 Å². The molecule has 3 N–H and O–H groups in total. The molecule has 0 aromatic carbocycles. The maximum absolute atomic E-state index is 12.8. The Labute approximate surface area is 278 Å². The van der Waals surface area contributed by atoms with Crippen LogP contribution >= 0.6 is 7.82 Å². The standard InChI is InChI=1S/C37H74NO6P/c1-4-6-8-10-12-14-16-18-19-21-23-25-27-29-31-33-36(40)38-37(44-45(41,42)43)34(3)35(39)32-30-28-26-24-22-20-17-15-13-11-9-7-5-2/h34,37H,4-33H2,1-3H3,(H,38,40)(H2,41,42,43). The third-order valence-electron chi connectivity index (χ3n) is 9.05. The van der Waals surface area contributed by atoms with Crippen molar-refractivity contribution in [1.29, 1.82) is 0 Å². The fourth-order valence-electron chi connectivity index (χ4n) is 5.99. The van der Waals surface area contributed by atoms with E-state index < -0.39 is 20.0 Å². The molecule has 0 saturated carbocycles. The van der Waals surface area contributed by atoms with E-state index in [2.05, 4.69) is 19.2 Å². The van der Waals surface area contributed by atoms with Crippen molar-refractivity contribution in [2.75, 3.05) is 0 Å². The highest BCUT2D eigenvalue weighted by Crippen LogP contribution is 2.38. The Bertz CT molecular complexity index is 728. The van der Waals surface area contributed by atoms with Gasteiger partial charge in [-0.2, -0.15) is 0 Å². The minimum atomic E-state index is -4.86. The molecule has 0 aliphatic heterocycles. The van der Waals surface area contributed by atoms with Gasteiger partial charge in [0.2, 0.25) is 5.91 Å². The zero-order chi connectivity index (χ0) is 33.4. The second-order valence-corrected chi connectivity index (χ2v) is 14.7. The SMILES string of the molecule is CCCCCCCCCCCCCCCCCC(=O)NC(OP(=O)(O)O)C(C)C(=O)CCCCCCCCCCCCCCC. The van der Waals surface area contributed by atoms with Crippen molar-refractivity contribution >= 4 is 19.5 Å². The Balaban J connectivity index is 4.00. The molecule has 1 amide bonds. The first-order valence-corrected chi connectivity index (χ1v) is 20.8. The molecule has 0 fully saturated rings. The van der Waals surface area contributed by atoms with Gasteiger partial charge in [-0.15, -0.1) is 0 Å². The molecule has 0 aliphatic rings. The third-order valence-corrected chi connectivity index (χ3v) is 9.55. The van der Waals surface area contributed by atoms with Gasteiger partial charge in [-0.25, -0.2) is 4.57 Å². The lowest BCUT2D eigenvalue weighted by molar-refractivity contribution is -0.130. The van der Waals surface area contributed by atoms with E-state index in [0.29, 0.717) is 12.8 Å². The highest BCUT2D eigenvalue weighted by atomic mass is 31.2. The number of nitrogens with one attached hydrogen (secondary N) is 1. The predicted molar refractivity (Wildman–Crippen MR) is 189 cm³/mol. The number of ketones is 1. The number of hydrogen-bond donors (Lipinski definition) is 3. The number of amides is 1. The molecule has 7 nitrogen and oxygen atoms in total. The molecule has 0 heterocycles. The van der Waals surface area contributed by atoms with Crippen molar-refractivity contribution in [2.45, 2.75) is 220 Å². The lowest BCUT2D eigenvalue weighted by atomic mass is 9.98. The normalized spacial score (nSPS) is 13.2. The second kappa shape index (κ2) is 31.8. The molecule has 0 aliphatic carbocycles. The van der Waals surface area contributed by atoms with Crippen LogP contribution in [-0.2, 0) is 18.7 Å². The van der Waals surface area contributed by atoms with Crippen LogP contribution in [0.2, 0.25) is 0 Å². The molecule has 0 bridgehead atoms. The summed E-state index contributed by atoms with van der Waals surface area (Å²) < 4.78 is 16.4. The van der Waals surface area contributed by atoms with E-state index >= 15 is 0 Å². The van der Waals surface area contributed by atoms with Crippen molar-refractivity contribution < 1.29 is 28.5 Å². The van der Waals surface area contributed by atoms with Gasteiger partial charge in [0.1, 0.15) is 5.78 Å². The number of unbranched alkanes of at least 4 members (excludes halogenated alkanes) is 26. The lowest BCUT2D eigenvalue weighted by Crippen LogP contribution is -2.43. The number of rotatable bonds is 35. The van der Waals surface area contributed by atoms with Crippen LogP contribution in [0.3, 0.4) is 0 Å². The minimum Gasteiger partial charge on any atom is -0.330 e. The predicted octanol–water partition coefficient (Wildman–Crippen LogP) is 11.5. The Hall–Kier alpha value is -0.750. The van der Waals surface area contributed by atoms with Gasteiger partial charge >= 0.3 is 7.82 Å². The van der Waals surface area contributed by atoms with Gasteiger partial charge in [0, 0.05) is 12.8 Å². The van der Waals surface area contributed by atoms with E-state index in [1.807, 2.05) is 0 Å². The summed E-state index contributed by atoms with van der Waals surface area (Å²) in [6, 6.07) is 0. The van der Waals surface area contributed by atoms with E-state index in [9.17, 15) is 23.9 Å². The zero-order valence-corrected chi connectivity index (χ0v) is 30.7. The number of phosphoric ester groups is 1. The van der Waals surface area contributed by atoms with E-state index in [-0.39, 0.29) is 18.1 Å². The smallest absolute Gasteiger partial charge is 0.330 e. The highest BCUT2D eigenvalue weighted by molar-refractivity contribution is 7.46. The van der Waals surface area contributed by atoms with E-state index in [1.54, 1.807) is 6.92 Å². The maximum atomic E-state index is 12.8. The number of carbonyl (C=O) groups excluding carboxylic acids is 2. The Morgan fingerprint density at radius 1 is 0.533 bits per heavy atom. The van der Waals surface area contributed by atoms with E-state index in [1.165, 1.54) is 141 Å². The fraction of sp³-hybridized carbons (Fsp3) is 0.946. The maximum Gasteiger partial charge on any atom is 0.471 e. The summed E-state index contributed by atoms with van der Waals surface area (Å²) >= 11 is 0. The molecule has 2 unspecified atom stereocenters. The number of phosphoric acid groups is 1. The van der Waals surface area contributed by atoms with Crippen LogP contribution in [0.4, 0.5) is 0 Å². The third kappa shape index (κ3) is 31.6. The number of Topliss-reactive ketones (excluding diaryl/α,β-unsaturated/α-hetero) is 1. The van der Waals surface area contributed by atoms with E-state index in [0.717, 1.165) is 32.1 Å². The van der Waals surface area contributed by atoms with Crippen LogP contribution in [0.15, 0.2) is 0 Å². The van der Waals surface area contributed by atoms with Crippen molar-refractivity contribution in [3.8, 4) is 0 Å². The van der Waals surface area contributed by atoms with Crippen molar-refractivity contribution in [1.82, 2.24) is 5.32 Å². The number of carbonyl (C=O) groups is 2. The summed E-state index contributed by atoms with van der Waals surface area (Å²) in [5.74, 6) is -1.28. The summed E-state index contributed by atoms with van der Waals surface area (Å²) in [7, 11) is -4.86. The lowest BCUT2D eigenvalue weighted by Gasteiger charge is -2.24. The molecule has 0 rings (SSSR count). The average molecular weight is 660 g/mol. The molecule has 0 saturated heterocycles. The highest BCUT2D eigenvalue weighted by Gasteiger charge is 2.31. The first kappa shape index (κ1) is 44.2. The van der Waals surface area contributed by atoms with Crippen LogP contribution in [-0.4, -0.2) is 27.7 Å². The molecular weight excluding hydrogens is 585 g/mol. The molecule has 0 aromatic rings. The van der Waals surface area contributed by atoms with Crippen LogP contribution < -0.4 is 5.32 Å². The van der Waals surface area contributed by atoms with Gasteiger partial charge in [0.25, 0.3) is 0 Å². The van der Waals surface area contributed by atoms with Crippen molar-refractivity contribution in [2.24, 2.45) is 5.92 Å². The second-order valence-electron chi connectivity index (χ2n) is 13.5.